The standard InChI is InChI=1S/C11H14N2O2/c1-15-10-5-2-7(6-9(10)12)11(14)13-8-3-4-8/h2,5-6,8H,3-4,12H2,1H3,(H,13,14). The van der Waals surface area contributed by atoms with Crippen molar-refractivity contribution in [1.82, 2.24) is 5.32 Å². The minimum Gasteiger partial charge on any atom is -0.495 e. The van der Waals surface area contributed by atoms with E-state index in [4.69, 9.17) is 10.5 Å². The van der Waals surface area contributed by atoms with Gasteiger partial charge in [-0.1, -0.05) is 0 Å². The Hall–Kier alpha value is -1.71. The second kappa shape index (κ2) is 3.81. The largest absolute Gasteiger partial charge is 0.495 e. The van der Waals surface area contributed by atoms with E-state index in [0.717, 1.165) is 12.8 Å². The maximum Gasteiger partial charge on any atom is 0.251 e. The van der Waals surface area contributed by atoms with Gasteiger partial charge in [0.05, 0.1) is 12.8 Å². The molecule has 1 fully saturated rings. The average molecular weight is 206 g/mol. The number of nitrogens with one attached hydrogen (secondary N) is 1. The molecule has 80 valence electrons. The molecule has 3 N–H and O–H groups in total. The molecule has 0 atom stereocenters. The van der Waals surface area contributed by atoms with Gasteiger partial charge in [0, 0.05) is 11.6 Å². The number of methoxy groups -OCH3 is 1. The molecule has 0 aliphatic heterocycles. The van der Waals surface area contributed by atoms with Crippen molar-refractivity contribution in [3.05, 3.63) is 23.8 Å². The summed E-state index contributed by atoms with van der Waals surface area (Å²) in [4.78, 5) is 11.6. The Morgan fingerprint density at radius 2 is 2.27 bits per heavy atom. The first-order valence-corrected chi connectivity index (χ1v) is 4.95. The molecule has 0 spiro atoms. The molecule has 2 rings (SSSR count). The Bertz CT molecular complexity index is 386. The Labute approximate surface area is 88.4 Å². The number of nitrogen functional groups attached to an aromatic ring is 1. The highest BCUT2D eigenvalue weighted by molar-refractivity contribution is 5.95. The predicted molar refractivity (Wildman–Crippen MR) is 57.9 cm³/mol. The summed E-state index contributed by atoms with van der Waals surface area (Å²) < 4.78 is 5.02. The number of anilines is 1. The van der Waals surface area contributed by atoms with Crippen LogP contribution in [0.25, 0.3) is 0 Å². The fourth-order valence-corrected chi connectivity index (χ4v) is 1.37. The number of nitrogens with two attached hydrogens (primary N) is 1. The van der Waals surface area contributed by atoms with E-state index < -0.39 is 0 Å². The van der Waals surface area contributed by atoms with E-state index in [1.807, 2.05) is 0 Å². The van der Waals surface area contributed by atoms with Gasteiger partial charge < -0.3 is 15.8 Å². The van der Waals surface area contributed by atoms with Crippen molar-refractivity contribution in [2.24, 2.45) is 0 Å². The van der Waals surface area contributed by atoms with Gasteiger partial charge in [-0.25, -0.2) is 0 Å². The summed E-state index contributed by atoms with van der Waals surface area (Å²) in [6.45, 7) is 0. The highest BCUT2D eigenvalue weighted by Crippen LogP contribution is 2.23. The van der Waals surface area contributed by atoms with Crippen molar-refractivity contribution < 1.29 is 9.53 Å². The Balaban J connectivity index is 2.13. The van der Waals surface area contributed by atoms with Gasteiger partial charge in [-0.15, -0.1) is 0 Å². The van der Waals surface area contributed by atoms with Crippen LogP contribution in [-0.4, -0.2) is 19.1 Å². The van der Waals surface area contributed by atoms with E-state index in [9.17, 15) is 4.79 Å². The molecule has 1 aromatic rings. The molecule has 4 nitrogen and oxygen atoms in total. The molecule has 0 bridgehead atoms. The highest BCUT2D eigenvalue weighted by Gasteiger charge is 2.23. The molecule has 0 saturated heterocycles. The van der Waals surface area contributed by atoms with Crippen LogP contribution >= 0.6 is 0 Å². The first kappa shape index (κ1) is 9.83. The van der Waals surface area contributed by atoms with Gasteiger partial charge in [0.1, 0.15) is 5.75 Å². The van der Waals surface area contributed by atoms with E-state index in [-0.39, 0.29) is 5.91 Å². The molecule has 15 heavy (non-hydrogen) atoms. The zero-order chi connectivity index (χ0) is 10.8. The van der Waals surface area contributed by atoms with Crippen molar-refractivity contribution in [3.8, 4) is 5.75 Å². The third kappa shape index (κ3) is 2.21. The van der Waals surface area contributed by atoms with Crippen molar-refractivity contribution in [1.29, 1.82) is 0 Å². The smallest absolute Gasteiger partial charge is 0.251 e. The third-order valence-corrected chi connectivity index (χ3v) is 2.40. The van der Waals surface area contributed by atoms with Crippen molar-refractivity contribution >= 4 is 11.6 Å². The zero-order valence-electron chi connectivity index (χ0n) is 8.62. The normalized spacial score (nSPS) is 14.7. The predicted octanol–water partition coefficient (Wildman–Crippen LogP) is 1.17. The van der Waals surface area contributed by atoms with Crippen LogP contribution in [-0.2, 0) is 0 Å². The summed E-state index contributed by atoms with van der Waals surface area (Å²) >= 11 is 0. The zero-order valence-corrected chi connectivity index (χ0v) is 8.62. The number of benzene rings is 1. The van der Waals surface area contributed by atoms with Gasteiger partial charge in [0.15, 0.2) is 0 Å². The Kier molecular flexibility index (Phi) is 2.49. The van der Waals surface area contributed by atoms with Crippen molar-refractivity contribution in [2.45, 2.75) is 18.9 Å². The van der Waals surface area contributed by atoms with Crippen LogP contribution in [0.5, 0.6) is 5.75 Å². The SMILES string of the molecule is COc1ccc(C(=O)NC2CC2)cc1N. The van der Waals surface area contributed by atoms with Gasteiger partial charge >= 0.3 is 0 Å². The summed E-state index contributed by atoms with van der Waals surface area (Å²) in [5.41, 5.74) is 6.78. The van der Waals surface area contributed by atoms with Crippen molar-refractivity contribution in [3.63, 3.8) is 0 Å². The van der Waals surface area contributed by atoms with E-state index in [1.54, 1.807) is 25.3 Å². The van der Waals surface area contributed by atoms with Gasteiger partial charge in [-0.3, -0.25) is 4.79 Å². The molecular formula is C11H14N2O2. The fraction of sp³-hybridized carbons (Fsp3) is 0.364. The molecule has 1 aliphatic rings. The number of hydrogen-bond donors (Lipinski definition) is 2. The second-order valence-corrected chi connectivity index (χ2v) is 3.70. The highest BCUT2D eigenvalue weighted by atomic mass is 16.5. The molecular weight excluding hydrogens is 192 g/mol. The third-order valence-electron chi connectivity index (χ3n) is 2.40. The number of ether oxygens (including phenoxy) is 1. The molecule has 0 heterocycles. The molecule has 0 aromatic heterocycles. The Morgan fingerprint density at radius 3 is 2.80 bits per heavy atom. The molecule has 1 saturated carbocycles. The number of carbonyl (C=O) groups is 1. The maximum atomic E-state index is 11.6. The van der Waals surface area contributed by atoms with Gasteiger partial charge in [0.25, 0.3) is 5.91 Å². The van der Waals surface area contributed by atoms with Crippen LogP contribution in [0, 0.1) is 0 Å². The lowest BCUT2D eigenvalue weighted by Gasteiger charge is -2.07. The summed E-state index contributed by atoms with van der Waals surface area (Å²) in [6.07, 6.45) is 2.16. The number of rotatable bonds is 3. The molecule has 0 radical (unpaired) electrons. The van der Waals surface area contributed by atoms with Crippen LogP contribution in [0.2, 0.25) is 0 Å². The first-order chi connectivity index (χ1) is 7.20. The lowest BCUT2D eigenvalue weighted by atomic mass is 10.2. The number of amides is 1. The van der Waals surface area contributed by atoms with Crippen LogP contribution in [0.15, 0.2) is 18.2 Å². The summed E-state index contributed by atoms with van der Waals surface area (Å²) in [5.74, 6) is 0.532. The summed E-state index contributed by atoms with van der Waals surface area (Å²) in [6, 6.07) is 5.42. The van der Waals surface area contributed by atoms with Crippen LogP contribution in [0.1, 0.15) is 23.2 Å². The van der Waals surface area contributed by atoms with Gasteiger partial charge in [-0.05, 0) is 31.0 Å². The van der Waals surface area contributed by atoms with Gasteiger partial charge in [-0.2, -0.15) is 0 Å². The van der Waals surface area contributed by atoms with E-state index in [0.29, 0.717) is 23.0 Å². The Morgan fingerprint density at radius 1 is 1.53 bits per heavy atom. The van der Waals surface area contributed by atoms with Gasteiger partial charge in [0.2, 0.25) is 0 Å². The number of hydrogen-bond acceptors (Lipinski definition) is 3. The summed E-state index contributed by atoms with van der Waals surface area (Å²) in [5, 5.41) is 2.90. The maximum absolute atomic E-state index is 11.6. The fourth-order valence-electron chi connectivity index (χ4n) is 1.37. The minimum absolute atomic E-state index is 0.0631. The summed E-state index contributed by atoms with van der Waals surface area (Å²) in [7, 11) is 1.55. The lowest BCUT2D eigenvalue weighted by molar-refractivity contribution is 0.0951. The molecule has 1 aromatic carbocycles. The van der Waals surface area contributed by atoms with Crippen LogP contribution in [0.4, 0.5) is 5.69 Å². The molecule has 0 unspecified atom stereocenters. The van der Waals surface area contributed by atoms with E-state index in [1.165, 1.54) is 0 Å². The van der Waals surface area contributed by atoms with Crippen LogP contribution in [0.3, 0.4) is 0 Å². The monoisotopic (exact) mass is 206 g/mol. The molecule has 1 amide bonds. The first-order valence-electron chi connectivity index (χ1n) is 4.95. The number of carbonyl (C=O) groups excluding carboxylic acids is 1. The molecule has 4 heteroatoms. The second-order valence-electron chi connectivity index (χ2n) is 3.70. The van der Waals surface area contributed by atoms with Crippen LogP contribution < -0.4 is 15.8 Å². The molecule has 1 aliphatic carbocycles. The van der Waals surface area contributed by atoms with Crippen molar-refractivity contribution in [2.75, 3.05) is 12.8 Å². The quantitative estimate of drug-likeness (QED) is 0.730. The topological polar surface area (TPSA) is 64.3 Å². The van der Waals surface area contributed by atoms with E-state index in [2.05, 4.69) is 5.32 Å². The van der Waals surface area contributed by atoms with E-state index >= 15 is 0 Å². The minimum atomic E-state index is -0.0631. The average Bonchev–Trinajstić information content (AvgIpc) is 3.01. The lowest BCUT2D eigenvalue weighted by Crippen LogP contribution is -2.25.